The van der Waals surface area contributed by atoms with Gasteiger partial charge in [-0.2, -0.15) is 0 Å². The van der Waals surface area contributed by atoms with Crippen molar-refractivity contribution >= 4 is 45.2 Å². The Labute approximate surface area is 199 Å². The summed E-state index contributed by atoms with van der Waals surface area (Å²) in [6.07, 6.45) is 0.532. The number of nitrogens with one attached hydrogen (secondary N) is 2. The molecule has 0 unspecified atom stereocenters. The van der Waals surface area contributed by atoms with Gasteiger partial charge in [0.05, 0.1) is 12.4 Å². The molecule has 0 spiro atoms. The number of nitrogens with zero attached hydrogens (tertiary/aromatic N) is 3. The standard InChI is InChI=1S/C22H24BrN5O3S/c1-3-31-18-10-8-17(9-11-18)25-20(29)14-32-22-27-26-19(28(22)2)12-13-24-21(30)15-4-6-16(23)7-5-15/h4-11H,3,12-14H2,1-2H3,(H,24,30)(H,25,29). The maximum absolute atomic E-state index is 12.2. The molecule has 2 N–H and O–H groups in total. The van der Waals surface area contributed by atoms with Gasteiger partial charge in [0.15, 0.2) is 5.16 Å². The van der Waals surface area contributed by atoms with E-state index in [0.29, 0.717) is 36.0 Å². The van der Waals surface area contributed by atoms with Gasteiger partial charge in [0.1, 0.15) is 11.6 Å². The molecule has 0 aliphatic carbocycles. The molecule has 10 heteroatoms. The fourth-order valence-electron chi connectivity index (χ4n) is 2.81. The number of ether oxygens (including phenoxy) is 1. The van der Waals surface area contributed by atoms with Gasteiger partial charge in [-0.15, -0.1) is 10.2 Å². The maximum Gasteiger partial charge on any atom is 0.251 e. The van der Waals surface area contributed by atoms with Crippen molar-refractivity contribution in [1.82, 2.24) is 20.1 Å². The lowest BCUT2D eigenvalue weighted by Gasteiger charge is -2.07. The average molecular weight is 518 g/mol. The zero-order valence-corrected chi connectivity index (χ0v) is 20.2. The number of hydrogen-bond acceptors (Lipinski definition) is 6. The van der Waals surface area contributed by atoms with Gasteiger partial charge in [-0.1, -0.05) is 27.7 Å². The highest BCUT2D eigenvalue weighted by molar-refractivity contribution is 9.10. The number of amides is 2. The molecule has 2 amide bonds. The van der Waals surface area contributed by atoms with Crippen molar-refractivity contribution in [1.29, 1.82) is 0 Å². The summed E-state index contributed by atoms with van der Waals surface area (Å²) in [6, 6.07) is 14.4. The van der Waals surface area contributed by atoms with E-state index in [-0.39, 0.29) is 17.6 Å². The summed E-state index contributed by atoms with van der Waals surface area (Å²) in [5.41, 5.74) is 1.31. The summed E-state index contributed by atoms with van der Waals surface area (Å²) in [7, 11) is 1.85. The fourth-order valence-corrected chi connectivity index (χ4v) is 3.80. The van der Waals surface area contributed by atoms with E-state index in [4.69, 9.17) is 4.74 Å². The van der Waals surface area contributed by atoms with Gasteiger partial charge in [0.25, 0.3) is 5.91 Å². The third kappa shape index (κ3) is 6.83. The van der Waals surface area contributed by atoms with Crippen molar-refractivity contribution < 1.29 is 14.3 Å². The molecule has 1 heterocycles. The van der Waals surface area contributed by atoms with Crippen molar-refractivity contribution in [3.8, 4) is 5.75 Å². The average Bonchev–Trinajstić information content (AvgIpc) is 3.13. The van der Waals surface area contributed by atoms with Crippen LogP contribution in [0.1, 0.15) is 23.1 Å². The Morgan fingerprint density at radius 3 is 2.50 bits per heavy atom. The number of halogens is 1. The van der Waals surface area contributed by atoms with Gasteiger partial charge < -0.3 is 19.9 Å². The Hall–Kier alpha value is -2.85. The predicted octanol–water partition coefficient (Wildman–Crippen LogP) is 3.68. The van der Waals surface area contributed by atoms with Crippen LogP contribution in [0.5, 0.6) is 5.75 Å². The van der Waals surface area contributed by atoms with E-state index in [1.54, 1.807) is 24.3 Å². The van der Waals surface area contributed by atoms with Crippen molar-refractivity contribution in [3.63, 3.8) is 0 Å². The fraction of sp³-hybridized carbons (Fsp3) is 0.273. The van der Waals surface area contributed by atoms with Crippen LogP contribution in [0.4, 0.5) is 5.69 Å². The molecule has 2 aromatic carbocycles. The molecule has 8 nitrogen and oxygen atoms in total. The predicted molar refractivity (Wildman–Crippen MR) is 128 cm³/mol. The third-order valence-electron chi connectivity index (χ3n) is 4.45. The molecule has 1 aromatic heterocycles. The second-order valence-corrected chi connectivity index (χ2v) is 8.62. The van der Waals surface area contributed by atoms with Crippen LogP contribution in [0.25, 0.3) is 0 Å². The Balaban J connectivity index is 1.44. The van der Waals surface area contributed by atoms with Crippen LogP contribution in [0.2, 0.25) is 0 Å². The Bertz CT molecular complexity index is 1050. The highest BCUT2D eigenvalue weighted by Gasteiger charge is 2.12. The van der Waals surface area contributed by atoms with Gasteiger partial charge in [0, 0.05) is 35.7 Å². The molecule has 0 atom stereocenters. The van der Waals surface area contributed by atoms with Crippen LogP contribution < -0.4 is 15.4 Å². The Morgan fingerprint density at radius 1 is 1.09 bits per heavy atom. The highest BCUT2D eigenvalue weighted by atomic mass is 79.9. The highest BCUT2D eigenvalue weighted by Crippen LogP contribution is 2.18. The molecular weight excluding hydrogens is 494 g/mol. The number of hydrogen-bond donors (Lipinski definition) is 2. The summed E-state index contributed by atoms with van der Waals surface area (Å²) in [6.45, 7) is 2.95. The minimum Gasteiger partial charge on any atom is -0.494 e. The summed E-state index contributed by atoms with van der Waals surface area (Å²) in [4.78, 5) is 24.4. The Morgan fingerprint density at radius 2 is 1.81 bits per heavy atom. The van der Waals surface area contributed by atoms with Crippen LogP contribution in [0.15, 0.2) is 58.2 Å². The number of anilines is 1. The van der Waals surface area contributed by atoms with Crippen LogP contribution >= 0.6 is 27.7 Å². The number of carbonyl (C=O) groups is 2. The topological polar surface area (TPSA) is 98.1 Å². The lowest BCUT2D eigenvalue weighted by Crippen LogP contribution is -2.26. The summed E-state index contributed by atoms with van der Waals surface area (Å²) >= 11 is 4.66. The molecule has 0 aliphatic rings. The number of thioether (sulfide) groups is 1. The van der Waals surface area contributed by atoms with Crippen LogP contribution in [-0.2, 0) is 18.3 Å². The first-order valence-corrected chi connectivity index (χ1v) is 11.8. The van der Waals surface area contributed by atoms with E-state index in [0.717, 1.165) is 16.0 Å². The first-order chi connectivity index (χ1) is 15.5. The van der Waals surface area contributed by atoms with Crippen molar-refractivity contribution in [2.75, 3.05) is 24.2 Å². The van der Waals surface area contributed by atoms with Gasteiger partial charge in [-0.05, 0) is 55.5 Å². The van der Waals surface area contributed by atoms with E-state index in [2.05, 4.69) is 36.8 Å². The molecule has 168 valence electrons. The quantitative estimate of drug-likeness (QED) is 0.398. The van der Waals surface area contributed by atoms with E-state index in [9.17, 15) is 9.59 Å². The lowest BCUT2D eigenvalue weighted by atomic mass is 10.2. The third-order valence-corrected chi connectivity index (χ3v) is 6.00. The minimum atomic E-state index is -0.139. The number of benzene rings is 2. The SMILES string of the molecule is CCOc1ccc(NC(=O)CSc2nnc(CCNC(=O)c3ccc(Br)cc3)n2C)cc1. The largest absolute Gasteiger partial charge is 0.494 e. The van der Waals surface area contributed by atoms with Crippen LogP contribution in [0, 0.1) is 0 Å². The first kappa shape index (κ1) is 23.8. The molecule has 3 aromatic rings. The van der Waals surface area contributed by atoms with Gasteiger partial charge >= 0.3 is 0 Å². The molecule has 32 heavy (non-hydrogen) atoms. The molecule has 0 saturated heterocycles. The molecule has 0 fully saturated rings. The van der Waals surface area contributed by atoms with E-state index < -0.39 is 0 Å². The second kappa shape index (κ2) is 11.7. The van der Waals surface area contributed by atoms with E-state index in [1.165, 1.54) is 11.8 Å². The van der Waals surface area contributed by atoms with Crippen LogP contribution in [-0.4, -0.2) is 45.5 Å². The summed E-state index contributed by atoms with van der Waals surface area (Å²) in [5.74, 6) is 1.43. The van der Waals surface area contributed by atoms with Crippen LogP contribution in [0.3, 0.4) is 0 Å². The Kier molecular flexibility index (Phi) is 8.69. The molecule has 3 rings (SSSR count). The maximum atomic E-state index is 12.2. The molecule has 0 radical (unpaired) electrons. The van der Waals surface area contributed by atoms with Gasteiger partial charge in [-0.25, -0.2) is 0 Å². The molecule has 0 aliphatic heterocycles. The van der Waals surface area contributed by atoms with Crippen molar-refractivity contribution in [2.45, 2.75) is 18.5 Å². The molecular formula is C22H24BrN5O3S. The van der Waals surface area contributed by atoms with Gasteiger partial charge in [0.2, 0.25) is 5.91 Å². The monoisotopic (exact) mass is 517 g/mol. The smallest absolute Gasteiger partial charge is 0.251 e. The summed E-state index contributed by atoms with van der Waals surface area (Å²) < 4.78 is 8.15. The molecule has 0 bridgehead atoms. The first-order valence-electron chi connectivity index (χ1n) is 10.0. The van der Waals surface area contributed by atoms with Gasteiger partial charge in [-0.3, -0.25) is 9.59 Å². The number of rotatable bonds is 10. The summed E-state index contributed by atoms with van der Waals surface area (Å²) in [5, 5.41) is 14.7. The van der Waals surface area contributed by atoms with E-state index >= 15 is 0 Å². The van der Waals surface area contributed by atoms with Crippen molar-refractivity contribution in [2.24, 2.45) is 7.05 Å². The second-order valence-electron chi connectivity index (χ2n) is 6.76. The normalized spacial score (nSPS) is 10.6. The zero-order valence-electron chi connectivity index (χ0n) is 17.8. The minimum absolute atomic E-state index is 0.134. The van der Waals surface area contributed by atoms with Crippen molar-refractivity contribution in [3.05, 3.63) is 64.4 Å². The zero-order chi connectivity index (χ0) is 22.9. The molecule has 0 saturated carbocycles. The number of aromatic nitrogens is 3. The van der Waals surface area contributed by atoms with E-state index in [1.807, 2.05) is 42.8 Å². The lowest BCUT2D eigenvalue weighted by molar-refractivity contribution is -0.113. The number of carbonyl (C=O) groups excluding carboxylic acids is 2.